The van der Waals surface area contributed by atoms with Crippen LogP contribution in [0.25, 0.3) is 16.8 Å². The van der Waals surface area contributed by atoms with E-state index in [-0.39, 0.29) is 6.10 Å². The van der Waals surface area contributed by atoms with Crippen LogP contribution < -0.4 is 5.32 Å². The molecule has 5 heteroatoms. The third-order valence-corrected chi connectivity index (χ3v) is 4.51. The summed E-state index contributed by atoms with van der Waals surface area (Å²) in [7, 11) is 0. The van der Waals surface area contributed by atoms with Gasteiger partial charge in [0.1, 0.15) is 0 Å². The SMILES string of the molecule is C=C(C)c1cnc(-c2cccc(Cl)c2)cc1NC1=CCN(C[C@H](C)O)C=C1. The molecule has 0 radical (unpaired) electrons. The third kappa shape index (κ3) is 5.00. The largest absolute Gasteiger partial charge is 0.392 e. The molecule has 4 nitrogen and oxygen atoms in total. The molecular formula is C22H24ClN3O. The van der Waals surface area contributed by atoms with Crippen LogP contribution in [-0.4, -0.2) is 34.2 Å². The van der Waals surface area contributed by atoms with Crippen molar-refractivity contribution in [2.45, 2.75) is 20.0 Å². The van der Waals surface area contributed by atoms with Crippen LogP contribution in [0.4, 0.5) is 5.69 Å². The number of aliphatic hydroxyl groups excluding tert-OH is 1. The maximum absolute atomic E-state index is 9.52. The Hall–Kier alpha value is -2.56. The number of β-amino-alcohol motifs (C(OH)–C–C–N with tert-alkyl or cyclic N) is 1. The zero-order chi connectivity index (χ0) is 19.4. The fourth-order valence-corrected chi connectivity index (χ4v) is 3.15. The highest BCUT2D eigenvalue weighted by atomic mass is 35.5. The van der Waals surface area contributed by atoms with Gasteiger partial charge in [-0.25, -0.2) is 0 Å². The van der Waals surface area contributed by atoms with E-state index >= 15 is 0 Å². The van der Waals surface area contributed by atoms with Gasteiger partial charge in [-0.05, 0) is 49.8 Å². The van der Waals surface area contributed by atoms with E-state index in [1.807, 2.05) is 55.7 Å². The minimum atomic E-state index is -0.354. The first-order valence-corrected chi connectivity index (χ1v) is 9.29. The van der Waals surface area contributed by atoms with Gasteiger partial charge >= 0.3 is 0 Å². The minimum absolute atomic E-state index is 0.354. The summed E-state index contributed by atoms with van der Waals surface area (Å²) in [4.78, 5) is 6.65. The lowest BCUT2D eigenvalue weighted by Gasteiger charge is -2.24. The Morgan fingerprint density at radius 3 is 2.85 bits per heavy atom. The van der Waals surface area contributed by atoms with Gasteiger partial charge in [-0.3, -0.25) is 4.98 Å². The van der Waals surface area contributed by atoms with Crippen LogP contribution in [0.15, 0.2) is 67.2 Å². The summed E-state index contributed by atoms with van der Waals surface area (Å²) in [6.07, 6.45) is 7.59. The molecule has 0 aliphatic carbocycles. The van der Waals surface area contributed by atoms with Crippen LogP contribution in [0.2, 0.25) is 5.02 Å². The van der Waals surface area contributed by atoms with Gasteiger partial charge in [-0.2, -0.15) is 0 Å². The summed E-state index contributed by atoms with van der Waals surface area (Å²) < 4.78 is 0. The molecule has 1 aliphatic heterocycles. The molecule has 0 bridgehead atoms. The molecule has 2 N–H and O–H groups in total. The van der Waals surface area contributed by atoms with E-state index in [0.717, 1.165) is 40.3 Å². The molecule has 2 heterocycles. The van der Waals surface area contributed by atoms with Crippen molar-refractivity contribution in [3.8, 4) is 11.3 Å². The molecule has 3 rings (SSSR count). The summed E-state index contributed by atoms with van der Waals surface area (Å²) in [6, 6.07) is 9.69. The fourth-order valence-electron chi connectivity index (χ4n) is 2.96. The average Bonchev–Trinajstić information content (AvgIpc) is 2.62. The minimum Gasteiger partial charge on any atom is -0.392 e. The van der Waals surface area contributed by atoms with Gasteiger partial charge in [-0.15, -0.1) is 0 Å². The number of nitrogens with one attached hydrogen (secondary N) is 1. The number of nitrogens with zero attached hydrogens (tertiary/aromatic N) is 2. The van der Waals surface area contributed by atoms with E-state index in [1.54, 1.807) is 6.92 Å². The number of allylic oxidation sites excluding steroid dienone is 2. The Kier molecular flexibility index (Phi) is 5.99. The Morgan fingerprint density at radius 1 is 1.41 bits per heavy atom. The molecule has 140 valence electrons. The first kappa shape index (κ1) is 19.2. The topological polar surface area (TPSA) is 48.4 Å². The summed E-state index contributed by atoms with van der Waals surface area (Å²) in [5.41, 5.74) is 5.69. The van der Waals surface area contributed by atoms with E-state index in [2.05, 4.69) is 27.9 Å². The lowest BCUT2D eigenvalue weighted by molar-refractivity contribution is 0.155. The Bertz CT molecular complexity index is 902. The maximum atomic E-state index is 9.52. The van der Waals surface area contributed by atoms with Crippen molar-refractivity contribution in [2.75, 3.05) is 18.4 Å². The second kappa shape index (κ2) is 8.42. The molecular weight excluding hydrogens is 358 g/mol. The van der Waals surface area contributed by atoms with E-state index in [9.17, 15) is 5.11 Å². The molecule has 1 aromatic carbocycles. The molecule has 27 heavy (non-hydrogen) atoms. The first-order chi connectivity index (χ1) is 12.9. The lowest BCUT2D eigenvalue weighted by Crippen LogP contribution is -2.28. The molecule has 2 aromatic rings. The zero-order valence-corrected chi connectivity index (χ0v) is 16.4. The van der Waals surface area contributed by atoms with Crippen LogP contribution in [0.3, 0.4) is 0 Å². The van der Waals surface area contributed by atoms with Gasteiger partial charge in [0.25, 0.3) is 0 Å². The monoisotopic (exact) mass is 381 g/mol. The first-order valence-electron chi connectivity index (χ1n) is 8.92. The number of halogens is 1. The zero-order valence-electron chi connectivity index (χ0n) is 15.6. The van der Waals surface area contributed by atoms with Gasteiger partial charge in [0.05, 0.1) is 11.8 Å². The van der Waals surface area contributed by atoms with Crippen molar-refractivity contribution >= 4 is 22.9 Å². The predicted molar refractivity (Wildman–Crippen MR) is 113 cm³/mol. The van der Waals surface area contributed by atoms with Crippen molar-refractivity contribution in [1.29, 1.82) is 0 Å². The molecule has 0 spiro atoms. The van der Waals surface area contributed by atoms with Crippen LogP contribution >= 0.6 is 11.6 Å². The highest BCUT2D eigenvalue weighted by Gasteiger charge is 2.11. The molecule has 0 saturated heterocycles. The summed E-state index contributed by atoms with van der Waals surface area (Å²) >= 11 is 6.12. The summed E-state index contributed by atoms with van der Waals surface area (Å²) in [6.45, 7) is 9.19. The highest BCUT2D eigenvalue weighted by Crippen LogP contribution is 2.29. The van der Waals surface area contributed by atoms with Crippen molar-refractivity contribution in [2.24, 2.45) is 0 Å². The van der Waals surface area contributed by atoms with Gasteiger partial charge in [0, 0.05) is 53.0 Å². The smallest absolute Gasteiger partial charge is 0.0723 e. The lowest BCUT2D eigenvalue weighted by atomic mass is 10.1. The Balaban J connectivity index is 1.85. The molecule has 1 atom stereocenters. The highest BCUT2D eigenvalue weighted by molar-refractivity contribution is 6.30. The number of pyridine rings is 1. The molecule has 0 saturated carbocycles. The van der Waals surface area contributed by atoms with Crippen LogP contribution in [0.1, 0.15) is 19.4 Å². The number of hydrogen-bond acceptors (Lipinski definition) is 4. The average molecular weight is 382 g/mol. The second-order valence-corrected chi connectivity index (χ2v) is 7.25. The van der Waals surface area contributed by atoms with Gasteiger partial charge in [0.15, 0.2) is 0 Å². The molecule has 0 amide bonds. The second-order valence-electron chi connectivity index (χ2n) is 6.81. The summed E-state index contributed by atoms with van der Waals surface area (Å²) in [5.74, 6) is 0. The Morgan fingerprint density at radius 2 is 2.22 bits per heavy atom. The van der Waals surface area contributed by atoms with E-state index in [4.69, 9.17) is 11.6 Å². The quantitative estimate of drug-likeness (QED) is 0.743. The van der Waals surface area contributed by atoms with Gasteiger partial charge in [0.2, 0.25) is 0 Å². The van der Waals surface area contributed by atoms with Crippen LogP contribution in [0.5, 0.6) is 0 Å². The van der Waals surface area contributed by atoms with E-state index in [0.29, 0.717) is 11.6 Å². The van der Waals surface area contributed by atoms with Crippen molar-refractivity contribution < 1.29 is 5.11 Å². The normalized spacial score (nSPS) is 14.7. The number of rotatable bonds is 6. The number of benzene rings is 1. The maximum Gasteiger partial charge on any atom is 0.0723 e. The number of hydrogen-bond donors (Lipinski definition) is 2. The Labute approximate surface area is 165 Å². The molecule has 0 fully saturated rings. The van der Waals surface area contributed by atoms with Crippen LogP contribution in [0, 0.1) is 0 Å². The molecule has 1 aromatic heterocycles. The van der Waals surface area contributed by atoms with E-state index < -0.39 is 0 Å². The van der Waals surface area contributed by atoms with E-state index in [1.165, 1.54) is 0 Å². The standard InChI is InChI=1S/C22H24ClN3O/c1-15(2)20-13-24-21(17-5-4-6-18(23)11-17)12-22(20)25-19-7-9-26(10-8-19)14-16(3)27/h4-9,11-13,16,27H,1,10,14H2,2-3H3,(H,24,25)/t16-/m0/s1. The summed E-state index contributed by atoms with van der Waals surface area (Å²) in [5, 5.41) is 13.7. The predicted octanol–water partition coefficient (Wildman–Crippen LogP) is 4.94. The van der Waals surface area contributed by atoms with Crippen LogP contribution in [-0.2, 0) is 0 Å². The van der Waals surface area contributed by atoms with Crippen molar-refractivity contribution in [3.05, 3.63) is 77.7 Å². The van der Waals surface area contributed by atoms with Gasteiger partial charge in [-0.1, -0.05) is 30.3 Å². The van der Waals surface area contributed by atoms with Gasteiger partial charge < -0.3 is 15.3 Å². The third-order valence-electron chi connectivity index (χ3n) is 4.27. The molecule has 1 aliphatic rings. The molecule has 0 unspecified atom stereocenters. The van der Waals surface area contributed by atoms with Crippen molar-refractivity contribution in [1.82, 2.24) is 9.88 Å². The van der Waals surface area contributed by atoms with Crippen molar-refractivity contribution in [3.63, 3.8) is 0 Å². The number of anilines is 1. The number of aromatic nitrogens is 1. The number of aliphatic hydroxyl groups is 1. The fraction of sp³-hybridized carbons (Fsp3) is 0.227.